The minimum Gasteiger partial charge on any atom is -0.345 e. The molecule has 0 bridgehead atoms. The fraction of sp³-hybridized carbons (Fsp3) is 0.154. The van der Waals surface area contributed by atoms with Crippen molar-refractivity contribution in [1.29, 1.82) is 0 Å². The van der Waals surface area contributed by atoms with Crippen LogP contribution in [0, 0.1) is 13.8 Å². The highest BCUT2D eigenvalue weighted by Gasteiger charge is 2.08. The van der Waals surface area contributed by atoms with Gasteiger partial charge in [-0.2, -0.15) is 0 Å². The number of hydrogen-bond acceptors (Lipinski definition) is 4. The zero-order valence-corrected chi connectivity index (χ0v) is 11.8. The number of rotatable bonds is 2. The summed E-state index contributed by atoms with van der Waals surface area (Å²) in [6, 6.07) is 5.18. The molecule has 2 heterocycles. The zero-order valence-electron chi connectivity index (χ0n) is 11.0. The van der Waals surface area contributed by atoms with E-state index in [-0.39, 0.29) is 6.03 Å². The van der Waals surface area contributed by atoms with Crippen molar-refractivity contribution in [3.05, 3.63) is 35.1 Å². The number of amides is 2. The smallest absolute Gasteiger partial charge is 0.325 e. The maximum Gasteiger partial charge on any atom is 0.325 e. The third-order valence-corrected chi connectivity index (χ3v) is 3.92. The number of carbonyl (C=O) groups is 1. The van der Waals surface area contributed by atoms with Gasteiger partial charge in [0.15, 0.2) is 5.13 Å². The van der Waals surface area contributed by atoms with Gasteiger partial charge in [0.2, 0.25) is 0 Å². The fourth-order valence-corrected chi connectivity index (χ4v) is 2.61. The van der Waals surface area contributed by atoms with Gasteiger partial charge in [0.05, 0.1) is 23.1 Å². The summed E-state index contributed by atoms with van der Waals surface area (Å²) >= 11 is 1.46. The van der Waals surface area contributed by atoms with E-state index in [1.165, 1.54) is 11.3 Å². The van der Waals surface area contributed by atoms with Crippen molar-refractivity contribution in [2.75, 3.05) is 10.6 Å². The Balaban J connectivity index is 1.71. The quantitative estimate of drug-likeness (QED) is 0.676. The summed E-state index contributed by atoms with van der Waals surface area (Å²) in [7, 11) is 0. The summed E-state index contributed by atoms with van der Waals surface area (Å²) in [5.41, 5.74) is 3.37. The second kappa shape index (κ2) is 4.93. The van der Waals surface area contributed by atoms with Crippen molar-refractivity contribution >= 4 is 39.2 Å². The van der Waals surface area contributed by atoms with Gasteiger partial charge in [0, 0.05) is 10.6 Å². The van der Waals surface area contributed by atoms with Crippen LogP contribution in [0.15, 0.2) is 24.5 Å². The lowest BCUT2D eigenvalue weighted by atomic mass is 10.3. The topological polar surface area (TPSA) is 82.7 Å². The van der Waals surface area contributed by atoms with Crippen molar-refractivity contribution in [2.45, 2.75) is 13.8 Å². The van der Waals surface area contributed by atoms with E-state index in [1.54, 1.807) is 12.4 Å². The molecule has 0 aliphatic heterocycles. The third-order valence-electron chi connectivity index (χ3n) is 2.93. The monoisotopic (exact) mass is 287 g/mol. The van der Waals surface area contributed by atoms with Gasteiger partial charge in [0.25, 0.3) is 0 Å². The molecule has 102 valence electrons. The average molecular weight is 287 g/mol. The van der Waals surface area contributed by atoms with Crippen LogP contribution in [0.4, 0.5) is 15.6 Å². The SMILES string of the molecule is Cc1nc(NC(=O)Nc2ccc3nc[nH]c3c2)sc1C. The normalized spacial score (nSPS) is 10.7. The first-order valence-electron chi connectivity index (χ1n) is 6.07. The number of benzene rings is 1. The molecule has 3 N–H and O–H groups in total. The Labute approximate surface area is 119 Å². The van der Waals surface area contributed by atoms with Gasteiger partial charge in [-0.3, -0.25) is 5.32 Å². The number of urea groups is 1. The van der Waals surface area contributed by atoms with Crippen molar-refractivity contribution in [3.8, 4) is 0 Å². The number of imidazole rings is 1. The van der Waals surface area contributed by atoms with Crippen molar-refractivity contribution in [3.63, 3.8) is 0 Å². The Kier molecular flexibility index (Phi) is 3.11. The van der Waals surface area contributed by atoms with E-state index in [4.69, 9.17) is 0 Å². The molecule has 7 heteroatoms. The molecule has 0 saturated carbocycles. The van der Waals surface area contributed by atoms with Gasteiger partial charge in [-0.05, 0) is 32.0 Å². The zero-order chi connectivity index (χ0) is 14.1. The van der Waals surface area contributed by atoms with Crippen molar-refractivity contribution < 1.29 is 4.79 Å². The number of thiazole rings is 1. The maximum atomic E-state index is 11.9. The number of hydrogen-bond donors (Lipinski definition) is 3. The first kappa shape index (κ1) is 12.6. The van der Waals surface area contributed by atoms with Crippen LogP contribution in [0.5, 0.6) is 0 Å². The number of aromatic amines is 1. The lowest BCUT2D eigenvalue weighted by Gasteiger charge is -2.05. The molecule has 0 aliphatic rings. The highest BCUT2D eigenvalue weighted by Crippen LogP contribution is 2.21. The Hall–Kier alpha value is -2.41. The van der Waals surface area contributed by atoms with E-state index in [0.29, 0.717) is 10.8 Å². The molecular weight excluding hydrogens is 274 g/mol. The number of aromatic nitrogens is 3. The minimum atomic E-state index is -0.308. The summed E-state index contributed by atoms with van der Waals surface area (Å²) in [4.78, 5) is 24.4. The van der Waals surface area contributed by atoms with Crippen LogP contribution < -0.4 is 10.6 Å². The second-order valence-corrected chi connectivity index (χ2v) is 5.58. The summed E-state index contributed by atoms with van der Waals surface area (Å²) in [6.45, 7) is 3.89. The largest absolute Gasteiger partial charge is 0.345 e. The predicted molar refractivity (Wildman–Crippen MR) is 80.3 cm³/mol. The number of H-pyrrole nitrogens is 1. The number of carbonyl (C=O) groups excluding carboxylic acids is 1. The van der Waals surface area contributed by atoms with E-state index < -0.39 is 0 Å². The first-order chi connectivity index (χ1) is 9.61. The lowest BCUT2D eigenvalue weighted by molar-refractivity contribution is 0.262. The molecule has 0 saturated heterocycles. The molecule has 0 fully saturated rings. The Bertz CT molecular complexity index is 757. The molecular formula is C13H13N5OS. The number of anilines is 2. The van der Waals surface area contributed by atoms with Crippen LogP contribution in [-0.2, 0) is 0 Å². The summed E-state index contributed by atoms with van der Waals surface area (Å²) < 4.78 is 0. The van der Waals surface area contributed by atoms with Crippen LogP contribution in [0.2, 0.25) is 0 Å². The molecule has 3 rings (SSSR count). The van der Waals surface area contributed by atoms with Crippen molar-refractivity contribution in [1.82, 2.24) is 15.0 Å². The van der Waals surface area contributed by atoms with Gasteiger partial charge in [-0.25, -0.2) is 14.8 Å². The van der Waals surface area contributed by atoms with Crippen LogP contribution in [0.25, 0.3) is 11.0 Å². The van der Waals surface area contributed by atoms with Gasteiger partial charge in [-0.15, -0.1) is 11.3 Å². The van der Waals surface area contributed by atoms with E-state index >= 15 is 0 Å². The molecule has 0 radical (unpaired) electrons. The van der Waals surface area contributed by atoms with Crippen molar-refractivity contribution in [2.24, 2.45) is 0 Å². The van der Waals surface area contributed by atoms with Crippen LogP contribution >= 0.6 is 11.3 Å². The molecule has 0 spiro atoms. The minimum absolute atomic E-state index is 0.308. The number of aryl methyl sites for hydroxylation is 2. The van der Waals surface area contributed by atoms with Crippen LogP contribution in [-0.4, -0.2) is 21.0 Å². The van der Waals surface area contributed by atoms with E-state index in [0.717, 1.165) is 21.6 Å². The van der Waals surface area contributed by atoms with Gasteiger partial charge >= 0.3 is 6.03 Å². The van der Waals surface area contributed by atoms with E-state index in [9.17, 15) is 4.79 Å². The van der Waals surface area contributed by atoms with Gasteiger partial charge in [-0.1, -0.05) is 0 Å². The van der Waals surface area contributed by atoms with Gasteiger partial charge < -0.3 is 10.3 Å². The maximum absolute atomic E-state index is 11.9. The highest BCUT2D eigenvalue weighted by atomic mass is 32.1. The molecule has 6 nitrogen and oxygen atoms in total. The Morgan fingerprint density at radius 1 is 1.30 bits per heavy atom. The summed E-state index contributed by atoms with van der Waals surface area (Å²) in [6.07, 6.45) is 1.62. The predicted octanol–water partition coefficient (Wildman–Crippen LogP) is 3.28. The molecule has 0 aliphatic carbocycles. The van der Waals surface area contributed by atoms with Crippen LogP contribution in [0.3, 0.4) is 0 Å². The summed E-state index contributed by atoms with van der Waals surface area (Å²) in [5.74, 6) is 0. The summed E-state index contributed by atoms with van der Waals surface area (Å²) in [5, 5.41) is 6.09. The van der Waals surface area contributed by atoms with E-state index in [2.05, 4.69) is 25.6 Å². The average Bonchev–Trinajstić information content (AvgIpc) is 2.96. The molecule has 0 atom stereocenters. The Morgan fingerprint density at radius 2 is 2.15 bits per heavy atom. The Morgan fingerprint density at radius 3 is 2.90 bits per heavy atom. The first-order valence-corrected chi connectivity index (χ1v) is 6.88. The number of nitrogens with zero attached hydrogens (tertiary/aromatic N) is 2. The third kappa shape index (κ3) is 2.48. The fourth-order valence-electron chi connectivity index (χ4n) is 1.80. The molecule has 1 aromatic carbocycles. The lowest BCUT2D eigenvalue weighted by Crippen LogP contribution is -2.19. The highest BCUT2D eigenvalue weighted by molar-refractivity contribution is 7.15. The number of nitrogens with one attached hydrogen (secondary N) is 3. The number of fused-ring (bicyclic) bond motifs is 1. The van der Waals surface area contributed by atoms with E-state index in [1.807, 2.05) is 26.0 Å². The molecule has 0 unspecified atom stereocenters. The second-order valence-electron chi connectivity index (χ2n) is 4.37. The van der Waals surface area contributed by atoms with Crippen LogP contribution in [0.1, 0.15) is 10.6 Å². The standard InChI is InChI=1S/C13H13N5OS/c1-7-8(2)20-13(16-7)18-12(19)17-9-3-4-10-11(5-9)15-6-14-10/h3-6H,1-2H3,(H,14,15)(H2,16,17,18,19). The molecule has 3 aromatic rings. The molecule has 20 heavy (non-hydrogen) atoms. The van der Waals surface area contributed by atoms with Gasteiger partial charge in [0.1, 0.15) is 0 Å². The molecule has 2 amide bonds. The molecule has 2 aromatic heterocycles.